The van der Waals surface area contributed by atoms with Crippen LogP contribution in [0.1, 0.15) is 51.8 Å². The Kier molecular flexibility index (Phi) is 3.76. The summed E-state index contributed by atoms with van der Waals surface area (Å²) in [5, 5.41) is 3.67. The molecular formula is C24H24N4. The Morgan fingerprint density at radius 1 is 0.714 bits per heavy atom. The normalized spacial score (nSPS) is 21.1. The van der Waals surface area contributed by atoms with Crippen LogP contribution in [-0.4, -0.2) is 16.4 Å². The van der Waals surface area contributed by atoms with Gasteiger partial charge in [0, 0.05) is 28.9 Å². The molecule has 0 amide bonds. The second kappa shape index (κ2) is 6.20. The van der Waals surface area contributed by atoms with Crippen LogP contribution in [0.5, 0.6) is 0 Å². The van der Waals surface area contributed by atoms with Crippen LogP contribution < -0.4 is 5.32 Å². The van der Waals surface area contributed by atoms with Gasteiger partial charge in [-0.1, -0.05) is 0 Å². The SMILES string of the molecule is CC1=C2C=CC(=N2)C(C)=C2CCC(=C(C)c3c[nH]c(c3)C(C)=C3C=CC1=N3)N2. The zero-order chi connectivity index (χ0) is 19.4. The first-order valence-corrected chi connectivity index (χ1v) is 9.83. The number of allylic oxidation sites excluding steroid dienone is 10. The van der Waals surface area contributed by atoms with E-state index < -0.39 is 0 Å². The van der Waals surface area contributed by atoms with Crippen LogP contribution in [0.15, 0.2) is 80.5 Å². The van der Waals surface area contributed by atoms with Crippen LogP contribution in [-0.2, 0) is 0 Å². The minimum Gasteiger partial charge on any atom is -0.362 e. The van der Waals surface area contributed by atoms with Gasteiger partial charge in [0.15, 0.2) is 0 Å². The summed E-state index contributed by atoms with van der Waals surface area (Å²) in [6.45, 7) is 8.59. The maximum Gasteiger partial charge on any atom is 0.0688 e. The van der Waals surface area contributed by atoms with Gasteiger partial charge in [-0.3, -0.25) is 0 Å². The average Bonchev–Trinajstić information content (AvgIpc) is 3.49. The molecule has 0 saturated carbocycles. The standard InChI is InChI=1S/C24H24N4/c1-13-17-11-24(25-12-17)16(4)23-10-9-22(28-23)15(3)21-8-7-20(27-21)14(2)19-6-5-18(13)26-19/h7-12,25-26H,5-6H2,1-4H3. The molecule has 4 aliphatic rings. The zero-order valence-electron chi connectivity index (χ0n) is 16.8. The number of aromatic amines is 1. The van der Waals surface area contributed by atoms with Crippen molar-refractivity contribution in [3.63, 3.8) is 0 Å². The lowest BCUT2D eigenvalue weighted by molar-refractivity contribution is 1.03. The van der Waals surface area contributed by atoms with E-state index >= 15 is 0 Å². The lowest BCUT2D eigenvalue weighted by atomic mass is 10.1. The molecule has 0 aliphatic carbocycles. The number of aromatic nitrogens is 1. The molecule has 0 spiro atoms. The van der Waals surface area contributed by atoms with E-state index in [0.29, 0.717) is 0 Å². The number of H-pyrrole nitrogens is 1. The predicted octanol–water partition coefficient (Wildman–Crippen LogP) is 5.44. The molecule has 1 fully saturated rings. The van der Waals surface area contributed by atoms with E-state index in [-0.39, 0.29) is 0 Å². The molecular weight excluding hydrogens is 344 g/mol. The molecule has 5 heterocycles. The summed E-state index contributed by atoms with van der Waals surface area (Å²) in [6, 6.07) is 2.23. The van der Waals surface area contributed by atoms with Gasteiger partial charge in [-0.2, -0.15) is 0 Å². The number of nitrogens with zero attached hydrogens (tertiary/aromatic N) is 2. The van der Waals surface area contributed by atoms with Crippen molar-refractivity contribution in [2.45, 2.75) is 40.5 Å². The van der Waals surface area contributed by atoms with E-state index in [2.05, 4.69) is 74.6 Å². The molecule has 8 bridgehead atoms. The molecule has 0 unspecified atom stereocenters. The summed E-state index contributed by atoms with van der Waals surface area (Å²) >= 11 is 0. The Bertz CT molecular complexity index is 1150. The summed E-state index contributed by atoms with van der Waals surface area (Å²) in [5.41, 5.74) is 13.7. The summed E-state index contributed by atoms with van der Waals surface area (Å²) < 4.78 is 0. The third-order valence-corrected chi connectivity index (χ3v) is 6.17. The van der Waals surface area contributed by atoms with Crippen LogP contribution in [0, 0.1) is 0 Å². The minimum absolute atomic E-state index is 0.987. The third-order valence-electron chi connectivity index (χ3n) is 6.17. The molecule has 4 nitrogen and oxygen atoms in total. The molecule has 4 aliphatic heterocycles. The van der Waals surface area contributed by atoms with E-state index in [1.54, 1.807) is 0 Å². The van der Waals surface area contributed by atoms with E-state index in [9.17, 15) is 0 Å². The van der Waals surface area contributed by atoms with Crippen molar-refractivity contribution in [3.8, 4) is 0 Å². The summed E-state index contributed by atoms with van der Waals surface area (Å²) in [5.74, 6) is 0. The van der Waals surface area contributed by atoms with Crippen LogP contribution >= 0.6 is 0 Å². The van der Waals surface area contributed by atoms with Gasteiger partial charge in [-0.25, -0.2) is 9.98 Å². The Morgan fingerprint density at radius 2 is 1.32 bits per heavy atom. The van der Waals surface area contributed by atoms with Gasteiger partial charge in [0.2, 0.25) is 0 Å². The highest BCUT2D eigenvalue weighted by Gasteiger charge is 2.22. The fourth-order valence-electron chi connectivity index (χ4n) is 4.10. The lowest BCUT2D eigenvalue weighted by Gasteiger charge is -2.09. The van der Waals surface area contributed by atoms with E-state index in [1.807, 2.05) is 0 Å². The molecule has 1 aromatic heterocycles. The highest BCUT2D eigenvalue weighted by molar-refractivity contribution is 6.15. The number of rotatable bonds is 0. The number of hydrogen-bond donors (Lipinski definition) is 2. The Labute approximate surface area is 165 Å². The second-order valence-electron chi connectivity index (χ2n) is 7.82. The van der Waals surface area contributed by atoms with Crippen LogP contribution in [0.4, 0.5) is 0 Å². The van der Waals surface area contributed by atoms with Crippen molar-refractivity contribution in [1.82, 2.24) is 10.3 Å². The first kappa shape index (κ1) is 17.0. The monoisotopic (exact) mass is 368 g/mol. The van der Waals surface area contributed by atoms with Crippen molar-refractivity contribution < 1.29 is 0 Å². The largest absolute Gasteiger partial charge is 0.362 e. The summed E-state index contributed by atoms with van der Waals surface area (Å²) in [7, 11) is 0. The smallest absolute Gasteiger partial charge is 0.0688 e. The third kappa shape index (κ3) is 2.60. The second-order valence-corrected chi connectivity index (χ2v) is 7.82. The lowest BCUT2D eigenvalue weighted by Crippen LogP contribution is -2.09. The van der Waals surface area contributed by atoms with Gasteiger partial charge in [-0.15, -0.1) is 0 Å². The molecule has 0 radical (unpaired) electrons. The van der Waals surface area contributed by atoms with Crippen LogP contribution in [0.3, 0.4) is 0 Å². The first-order valence-electron chi connectivity index (χ1n) is 9.83. The van der Waals surface area contributed by atoms with Crippen molar-refractivity contribution >= 4 is 22.6 Å². The predicted molar refractivity (Wildman–Crippen MR) is 117 cm³/mol. The highest BCUT2D eigenvalue weighted by Crippen LogP contribution is 2.32. The molecule has 28 heavy (non-hydrogen) atoms. The van der Waals surface area contributed by atoms with Crippen molar-refractivity contribution in [1.29, 1.82) is 0 Å². The van der Waals surface area contributed by atoms with E-state index in [0.717, 1.165) is 52.5 Å². The molecule has 1 aromatic rings. The number of nitrogens with one attached hydrogen (secondary N) is 2. The van der Waals surface area contributed by atoms with Gasteiger partial charge in [-0.05, 0) is 93.2 Å². The Hall–Kier alpha value is -3.14. The van der Waals surface area contributed by atoms with Gasteiger partial charge in [0.05, 0.1) is 22.8 Å². The van der Waals surface area contributed by atoms with Crippen LogP contribution in [0.25, 0.3) is 11.1 Å². The highest BCUT2D eigenvalue weighted by atomic mass is 14.9. The Morgan fingerprint density at radius 3 is 2.04 bits per heavy atom. The number of fused-ring (bicyclic) bond motifs is 6. The average molecular weight is 368 g/mol. The quantitative estimate of drug-likeness (QED) is 0.629. The topological polar surface area (TPSA) is 52.5 Å². The number of aliphatic imine (C=N–C) groups is 2. The number of hydrogen-bond acceptors (Lipinski definition) is 3. The maximum atomic E-state index is 4.90. The molecule has 0 atom stereocenters. The Balaban J connectivity index is 1.74. The summed E-state index contributed by atoms with van der Waals surface area (Å²) in [6.07, 6.45) is 12.6. The van der Waals surface area contributed by atoms with Crippen molar-refractivity contribution in [2.24, 2.45) is 9.98 Å². The molecule has 1 saturated heterocycles. The maximum absolute atomic E-state index is 4.90. The van der Waals surface area contributed by atoms with E-state index in [4.69, 9.17) is 9.98 Å². The van der Waals surface area contributed by atoms with Crippen molar-refractivity contribution in [3.05, 3.63) is 81.8 Å². The fraction of sp³-hybridized carbons (Fsp3) is 0.250. The van der Waals surface area contributed by atoms with Gasteiger partial charge < -0.3 is 10.3 Å². The molecule has 5 rings (SSSR count). The molecule has 2 N–H and O–H groups in total. The fourth-order valence-corrected chi connectivity index (χ4v) is 4.10. The summed E-state index contributed by atoms with van der Waals surface area (Å²) in [4.78, 5) is 13.2. The van der Waals surface area contributed by atoms with Gasteiger partial charge >= 0.3 is 0 Å². The van der Waals surface area contributed by atoms with E-state index in [1.165, 1.54) is 28.1 Å². The molecule has 140 valence electrons. The van der Waals surface area contributed by atoms with Crippen LogP contribution in [0.2, 0.25) is 0 Å². The molecule has 4 heteroatoms. The zero-order valence-corrected chi connectivity index (χ0v) is 16.8. The van der Waals surface area contributed by atoms with Gasteiger partial charge in [0.25, 0.3) is 0 Å². The van der Waals surface area contributed by atoms with Crippen molar-refractivity contribution in [2.75, 3.05) is 0 Å². The first-order chi connectivity index (χ1) is 13.5. The minimum atomic E-state index is 0.987. The molecule has 0 aromatic carbocycles. The van der Waals surface area contributed by atoms with Gasteiger partial charge in [0.1, 0.15) is 0 Å².